The molecule has 2 N–H and O–H groups in total. The molecule has 0 spiro atoms. The number of aliphatic hydroxyl groups excluding tert-OH is 1. The Bertz CT molecular complexity index is 355. The third-order valence-electron chi connectivity index (χ3n) is 4.25. The summed E-state index contributed by atoms with van der Waals surface area (Å²) in [6.45, 7) is 4.26. The Morgan fingerprint density at radius 3 is 2.90 bits per heavy atom. The van der Waals surface area contributed by atoms with Crippen molar-refractivity contribution < 1.29 is 14.7 Å². The van der Waals surface area contributed by atoms with Crippen LogP contribution in [0.15, 0.2) is 0 Å². The van der Waals surface area contributed by atoms with E-state index >= 15 is 0 Å². The molecule has 0 radical (unpaired) electrons. The van der Waals surface area contributed by atoms with Crippen LogP contribution in [0.1, 0.15) is 39.0 Å². The highest BCUT2D eigenvalue weighted by Crippen LogP contribution is 2.31. The number of rotatable bonds is 8. The van der Waals surface area contributed by atoms with Crippen molar-refractivity contribution in [1.82, 2.24) is 10.2 Å². The second-order valence-corrected chi connectivity index (χ2v) is 6.36. The van der Waals surface area contributed by atoms with Gasteiger partial charge in [-0.05, 0) is 37.5 Å². The maximum absolute atomic E-state index is 12.0. The van der Waals surface area contributed by atoms with Crippen LogP contribution in [0, 0.1) is 17.8 Å². The molecule has 20 heavy (non-hydrogen) atoms. The van der Waals surface area contributed by atoms with E-state index in [0.717, 1.165) is 19.4 Å². The molecular weight excluding hydrogens is 256 g/mol. The molecule has 5 heteroatoms. The highest BCUT2D eigenvalue weighted by atomic mass is 16.3. The van der Waals surface area contributed by atoms with Gasteiger partial charge in [-0.15, -0.1) is 0 Å². The predicted octanol–water partition coefficient (Wildman–Crippen LogP) is 0.770. The molecule has 5 nitrogen and oxygen atoms in total. The molecule has 2 unspecified atom stereocenters. The average Bonchev–Trinajstić information content (AvgIpc) is 3.17. The minimum atomic E-state index is -0.170. The summed E-state index contributed by atoms with van der Waals surface area (Å²) in [6, 6.07) is 0. The van der Waals surface area contributed by atoms with Crippen molar-refractivity contribution in [1.29, 1.82) is 0 Å². The fourth-order valence-corrected chi connectivity index (χ4v) is 2.63. The molecule has 1 heterocycles. The molecule has 2 fully saturated rings. The highest BCUT2D eigenvalue weighted by Gasteiger charge is 2.36. The van der Waals surface area contributed by atoms with Gasteiger partial charge in [-0.25, -0.2) is 0 Å². The third-order valence-corrected chi connectivity index (χ3v) is 4.25. The summed E-state index contributed by atoms with van der Waals surface area (Å²) in [5, 5.41) is 11.8. The Balaban J connectivity index is 1.64. The minimum Gasteiger partial charge on any atom is -0.396 e. The first-order valence-electron chi connectivity index (χ1n) is 7.76. The largest absolute Gasteiger partial charge is 0.396 e. The first kappa shape index (κ1) is 15.3. The lowest BCUT2D eigenvalue weighted by atomic mass is 10.1. The van der Waals surface area contributed by atoms with E-state index in [1.54, 1.807) is 0 Å². The molecule has 1 saturated heterocycles. The number of hydrogen-bond acceptors (Lipinski definition) is 3. The average molecular weight is 282 g/mol. The van der Waals surface area contributed by atoms with Crippen LogP contribution in [-0.2, 0) is 9.59 Å². The van der Waals surface area contributed by atoms with Crippen LogP contribution in [-0.4, -0.2) is 48.1 Å². The molecule has 2 atom stereocenters. The van der Waals surface area contributed by atoms with Gasteiger partial charge in [0, 0.05) is 32.7 Å². The molecule has 1 saturated carbocycles. The monoisotopic (exact) mass is 282 g/mol. The van der Waals surface area contributed by atoms with Gasteiger partial charge in [-0.1, -0.05) is 6.92 Å². The molecule has 1 aliphatic carbocycles. The van der Waals surface area contributed by atoms with Gasteiger partial charge in [-0.2, -0.15) is 0 Å². The number of likely N-dealkylation sites (tertiary alicyclic amines) is 1. The number of carbonyl (C=O) groups is 2. The van der Waals surface area contributed by atoms with E-state index in [2.05, 4.69) is 5.32 Å². The second kappa shape index (κ2) is 7.07. The maximum Gasteiger partial charge on any atom is 0.225 e. The van der Waals surface area contributed by atoms with Gasteiger partial charge in [0.05, 0.1) is 5.92 Å². The van der Waals surface area contributed by atoms with Gasteiger partial charge in [-0.3, -0.25) is 9.59 Å². The molecular formula is C15H26N2O3. The van der Waals surface area contributed by atoms with Crippen LogP contribution in [0.4, 0.5) is 0 Å². The van der Waals surface area contributed by atoms with Crippen molar-refractivity contribution in [3.63, 3.8) is 0 Å². The van der Waals surface area contributed by atoms with Crippen LogP contribution >= 0.6 is 0 Å². The van der Waals surface area contributed by atoms with E-state index in [9.17, 15) is 9.59 Å². The molecule has 0 bridgehead atoms. The standard InChI is InChI=1S/C15H26N2O3/c1-11(10-18)3-2-6-16-15(20)13-7-14(19)17(9-13)8-12-4-5-12/h11-13,18H,2-10H2,1H3,(H,16,20). The summed E-state index contributed by atoms with van der Waals surface area (Å²) >= 11 is 0. The van der Waals surface area contributed by atoms with Crippen LogP contribution in [0.3, 0.4) is 0 Å². The van der Waals surface area contributed by atoms with Crippen molar-refractivity contribution >= 4 is 11.8 Å². The van der Waals surface area contributed by atoms with Crippen molar-refractivity contribution in [3.8, 4) is 0 Å². The van der Waals surface area contributed by atoms with Gasteiger partial charge < -0.3 is 15.3 Å². The topological polar surface area (TPSA) is 69.6 Å². The lowest BCUT2D eigenvalue weighted by Crippen LogP contribution is -2.34. The van der Waals surface area contributed by atoms with E-state index in [-0.39, 0.29) is 30.3 Å². The lowest BCUT2D eigenvalue weighted by Gasteiger charge is -2.16. The number of hydrogen-bond donors (Lipinski definition) is 2. The first-order valence-corrected chi connectivity index (χ1v) is 7.76. The van der Waals surface area contributed by atoms with Gasteiger partial charge in [0.2, 0.25) is 11.8 Å². The second-order valence-electron chi connectivity index (χ2n) is 6.36. The fraction of sp³-hybridized carbons (Fsp3) is 0.867. The van der Waals surface area contributed by atoms with E-state index in [0.29, 0.717) is 25.4 Å². The molecule has 2 aliphatic rings. The molecule has 2 rings (SSSR count). The third kappa shape index (κ3) is 4.47. The molecule has 1 aliphatic heterocycles. The highest BCUT2D eigenvalue weighted by molar-refractivity contribution is 5.89. The normalized spacial score (nSPS) is 24.0. The zero-order valence-corrected chi connectivity index (χ0v) is 12.3. The van der Waals surface area contributed by atoms with Crippen LogP contribution in [0.5, 0.6) is 0 Å². The molecule has 114 valence electrons. The Morgan fingerprint density at radius 2 is 2.25 bits per heavy atom. The van der Waals surface area contributed by atoms with Crippen molar-refractivity contribution in [2.24, 2.45) is 17.8 Å². The minimum absolute atomic E-state index is 0.00768. The van der Waals surface area contributed by atoms with E-state index in [4.69, 9.17) is 5.11 Å². The van der Waals surface area contributed by atoms with E-state index in [1.165, 1.54) is 12.8 Å². The molecule has 2 amide bonds. The summed E-state index contributed by atoms with van der Waals surface area (Å²) in [5.74, 6) is 0.936. The Kier molecular flexibility index (Phi) is 5.40. The van der Waals surface area contributed by atoms with Crippen molar-refractivity contribution in [3.05, 3.63) is 0 Å². The fourth-order valence-electron chi connectivity index (χ4n) is 2.63. The van der Waals surface area contributed by atoms with Crippen molar-refractivity contribution in [2.45, 2.75) is 39.0 Å². The molecule has 0 aromatic carbocycles. The molecule has 0 aromatic heterocycles. The Labute approximate surface area is 120 Å². The lowest BCUT2D eigenvalue weighted by molar-refractivity contribution is -0.129. The zero-order valence-electron chi connectivity index (χ0n) is 12.3. The number of nitrogens with zero attached hydrogens (tertiary/aromatic N) is 1. The zero-order chi connectivity index (χ0) is 14.5. The smallest absolute Gasteiger partial charge is 0.225 e. The van der Waals surface area contributed by atoms with Crippen LogP contribution < -0.4 is 5.32 Å². The van der Waals surface area contributed by atoms with Gasteiger partial charge in [0.1, 0.15) is 0 Å². The van der Waals surface area contributed by atoms with E-state index < -0.39 is 0 Å². The van der Waals surface area contributed by atoms with Gasteiger partial charge in [0.25, 0.3) is 0 Å². The summed E-state index contributed by atoms with van der Waals surface area (Å²) < 4.78 is 0. The number of nitrogens with one attached hydrogen (secondary N) is 1. The number of aliphatic hydroxyl groups is 1. The quantitative estimate of drug-likeness (QED) is 0.646. The Morgan fingerprint density at radius 1 is 1.50 bits per heavy atom. The number of amides is 2. The summed E-state index contributed by atoms with van der Waals surface area (Å²) in [6.07, 6.45) is 4.60. The SMILES string of the molecule is CC(CO)CCCNC(=O)C1CC(=O)N(CC2CC2)C1. The maximum atomic E-state index is 12.0. The predicted molar refractivity (Wildman–Crippen MR) is 75.9 cm³/mol. The Hall–Kier alpha value is -1.10. The van der Waals surface area contributed by atoms with Gasteiger partial charge in [0.15, 0.2) is 0 Å². The summed E-state index contributed by atoms with van der Waals surface area (Å²) in [5.41, 5.74) is 0. The van der Waals surface area contributed by atoms with Crippen LogP contribution in [0.25, 0.3) is 0 Å². The van der Waals surface area contributed by atoms with Crippen LogP contribution in [0.2, 0.25) is 0 Å². The van der Waals surface area contributed by atoms with E-state index in [1.807, 2.05) is 11.8 Å². The number of carbonyl (C=O) groups excluding carboxylic acids is 2. The van der Waals surface area contributed by atoms with Crippen molar-refractivity contribution in [2.75, 3.05) is 26.2 Å². The van der Waals surface area contributed by atoms with Gasteiger partial charge >= 0.3 is 0 Å². The summed E-state index contributed by atoms with van der Waals surface area (Å²) in [7, 11) is 0. The first-order chi connectivity index (χ1) is 9.60. The molecule has 0 aromatic rings. The summed E-state index contributed by atoms with van der Waals surface area (Å²) in [4.78, 5) is 25.7.